The fraction of sp³-hybridized carbons (Fsp3) is 0.316. The van der Waals surface area contributed by atoms with E-state index in [1.165, 1.54) is 19.2 Å². The van der Waals surface area contributed by atoms with E-state index in [1.54, 1.807) is 23.1 Å². The molecule has 27 heavy (non-hydrogen) atoms. The Morgan fingerprint density at radius 3 is 2.70 bits per heavy atom. The van der Waals surface area contributed by atoms with Crippen LogP contribution in [0.25, 0.3) is 0 Å². The number of benzene rings is 2. The first kappa shape index (κ1) is 19.2. The molecule has 0 fully saturated rings. The Labute approximate surface area is 158 Å². The monoisotopic (exact) mass is 392 g/mol. The van der Waals surface area contributed by atoms with Crippen LogP contribution in [0.1, 0.15) is 25.3 Å². The highest BCUT2D eigenvalue weighted by atomic mass is 32.2. The Morgan fingerprint density at radius 1 is 1.26 bits per heavy atom. The molecule has 0 unspecified atom stereocenters. The predicted octanol–water partition coefficient (Wildman–Crippen LogP) is 3.32. The van der Waals surface area contributed by atoms with Crippen molar-refractivity contribution in [3.8, 4) is 5.75 Å². The minimum atomic E-state index is -3.95. The van der Waals surface area contributed by atoms with Crippen molar-refractivity contribution in [1.29, 1.82) is 0 Å². The van der Waals surface area contributed by atoms with Gasteiger partial charge in [-0.2, -0.15) is 0 Å². The molecule has 3 rings (SSSR count). The largest absolute Gasteiger partial charge is 0.494 e. The van der Waals surface area contributed by atoms with Crippen LogP contribution in [0, 0.1) is 5.82 Å². The molecule has 1 aliphatic rings. The van der Waals surface area contributed by atoms with Gasteiger partial charge in [0.15, 0.2) is 11.6 Å². The molecule has 8 heteroatoms. The molecule has 1 amide bonds. The van der Waals surface area contributed by atoms with Crippen LogP contribution in [-0.2, 0) is 21.2 Å². The van der Waals surface area contributed by atoms with Crippen molar-refractivity contribution in [3.05, 3.63) is 47.8 Å². The van der Waals surface area contributed by atoms with Crippen LogP contribution in [0.2, 0.25) is 0 Å². The zero-order valence-corrected chi connectivity index (χ0v) is 16.0. The van der Waals surface area contributed by atoms with Crippen LogP contribution in [0.5, 0.6) is 5.75 Å². The first-order chi connectivity index (χ1) is 12.9. The van der Waals surface area contributed by atoms with Gasteiger partial charge >= 0.3 is 0 Å². The highest BCUT2D eigenvalue weighted by molar-refractivity contribution is 7.92. The lowest BCUT2D eigenvalue weighted by Gasteiger charge is -2.29. The van der Waals surface area contributed by atoms with Gasteiger partial charge in [0.1, 0.15) is 0 Å². The van der Waals surface area contributed by atoms with Crippen LogP contribution in [-0.4, -0.2) is 28.0 Å². The summed E-state index contributed by atoms with van der Waals surface area (Å²) in [6, 6.07) is 8.55. The molecule has 0 radical (unpaired) electrons. The Kier molecular flexibility index (Phi) is 5.36. The number of hydrogen-bond donors (Lipinski definition) is 1. The lowest BCUT2D eigenvalue weighted by Crippen LogP contribution is -2.34. The minimum absolute atomic E-state index is 0.0246. The van der Waals surface area contributed by atoms with Gasteiger partial charge in [-0.05, 0) is 54.8 Å². The highest BCUT2D eigenvalue weighted by Crippen LogP contribution is 2.31. The molecule has 144 valence electrons. The SMILES string of the molecule is CCC(=O)N1CCCc2cc(NS(=O)(=O)c3ccc(OC)c(F)c3)ccc21. The fourth-order valence-corrected chi connectivity index (χ4v) is 4.20. The van der Waals surface area contributed by atoms with E-state index < -0.39 is 15.8 Å². The zero-order valence-electron chi connectivity index (χ0n) is 15.2. The Hall–Kier alpha value is -2.61. The number of methoxy groups -OCH3 is 1. The van der Waals surface area contributed by atoms with Gasteiger partial charge in [0.05, 0.1) is 12.0 Å². The number of amides is 1. The minimum Gasteiger partial charge on any atom is -0.494 e. The number of fused-ring (bicyclic) bond motifs is 1. The van der Waals surface area contributed by atoms with Crippen LogP contribution in [0.15, 0.2) is 41.3 Å². The summed E-state index contributed by atoms with van der Waals surface area (Å²) in [5.41, 5.74) is 2.09. The molecule has 0 spiro atoms. The van der Waals surface area contributed by atoms with E-state index >= 15 is 0 Å². The average Bonchev–Trinajstić information content (AvgIpc) is 2.66. The van der Waals surface area contributed by atoms with Crippen LogP contribution in [0.3, 0.4) is 0 Å². The molecule has 0 aliphatic carbocycles. The lowest BCUT2D eigenvalue weighted by molar-refractivity contribution is -0.118. The molecule has 0 bridgehead atoms. The number of hydrogen-bond acceptors (Lipinski definition) is 4. The molecule has 2 aromatic carbocycles. The molecular weight excluding hydrogens is 371 g/mol. The second-order valence-corrected chi connectivity index (χ2v) is 7.93. The highest BCUT2D eigenvalue weighted by Gasteiger charge is 2.23. The maximum absolute atomic E-state index is 13.8. The maximum atomic E-state index is 13.8. The second kappa shape index (κ2) is 7.56. The number of aryl methyl sites for hydroxylation is 1. The Balaban J connectivity index is 1.88. The number of nitrogens with zero attached hydrogens (tertiary/aromatic N) is 1. The summed E-state index contributed by atoms with van der Waals surface area (Å²) in [5.74, 6) is -0.735. The maximum Gasteiger partial charge on any atom is 0.262 e. The summed E-state index contributed by atoms with van der Waals surface area (Å²) in [6.07, 6.45) is 1.99. The molecule has 0 saturated heterocycles. The number of carbonyl (C=O) groups excluding carboxylic acids is 1. The predicted molar refractivity (Wildman–Crippen MR) is 101 cm³/mol. The molecule has 0 aromatic heterocycles. The third-order valence-electron chi connectivity index (χ3n) is 4.49. The van der Waals surface area contributed by atoms with E-state index in [4.69, 9.17) is 4.74 Å². The second-order valence-electron chi connectivity index (χ2n) is 6.25. The van der Waals surface area contributed by atoms with E-state index in [-0.39, 0.29) is 16.6 Å². The van der Waals surface area contributed by atoms with Crippen molar-refractivity contribution < 1.29 is 22.3 Å². The standard InChI is InChI=1S/C19H21FN2O4S/c1-3-19(23)22-10-4-5-13-11-14(6-8-17(13)22)21-27(24,25)15-7-9-18(26-2)16(20)12-15/h6-9,11-12,21H,3-5,10H2,1-2H3. The number of halogens is 1. The van der Waals surface area contributed by atoms with Crippen molar-refractivity contribution in [1.82, 2.24) is 0 Å². The van der Waals surface area contributed by atoms with Gasteiger partial charge in [-0.3, -0.25) is 9.52 Å². The molecule has 1 aliphatic heterocycles. The van der Waals surface area contributed by atoms with Gasteiger partial charge in [0.2, 0.25) is 5.91 Å². The van der Waals surface area contributed by atoms with Gasteiger partial charge in [-0.1, -0.05) is 6.92 Å². The number of ether oxygens (including phenoxy) is 1. The number of anilines is 2. The quantitative estimate of drug-likeness (QED) is 0.847. The number of carbonyl (C=O) groups is 1. The normalized spacial score (nSPS) is 13.8. The first-order valence-electron chi connectivity index (χ1n) is 8.65. The molecule has 2 aromatic rings. The Bertz CT molecular complexity index is 976. The molecule has 1 heterocycles. The molecule has 6 nitrogen and oxygen atoms in total. The van der Waals surface area contributed by atoms with Gasteiger partial charge in [-0.25, -0.2) is 12.8 Å². The molecular formula is C19H21FN2O4S. The summed E-state index contributed by atoms with van der Waals surface area (Å²) < 4.78 is 46.2. The van der Waals surface area contributed by atoms with Crippen LogP contribution < -0.4 is 14.4 Å². The summed E-state index contributed by atoms with van der Waals surface area (Å²) in [7, 11) is -2.64. The van der Waals surface area contributed by atoms with E-state index in [0.29, 0.717) is 18.7 Å². The fourth-order valence-electron chi connectivity index (χ4n) is 3.14. The van der Waals surface area contributed by atoms with Crippen molar-refractivity contribution in [2.75, 3.05) is 23.3 Å². The smallest absolute Gasteiger partial charge is 0.262 e. The number of rotatable bonds is 5. The van der Waals surface area contributed by atoms with Crippen molar-refractivity contribution in [2.45, 2.75) is 31.1 Å². The van der Waals surface area contributed by atoms with E-state index in [2.05, 4.69) is 4.72 Å². The summed E-state index contributed by atoms with van der Waals surface area (Å²) in [6.45, 7) is 2.48. The van der Waals surface area contributed by atoms with Crippen molar-refractivity contribution in [2.24, 2.45) is 0 Å². The molecule has 1 N–H and O–H groups in total. The third kappa shape index (κ3) is 3.90. The topological polar surface area (TPSA) is 75.7 Å². The van der Waals surface area contributed by atoms with Crippen molar-refractivity contribution in [3.63, 3.8) is 0 Å². The third-order valence-corrected chi connectivity index (χ3v) is 5.87. The summed E-state index contributed by atoms with van der Waals surface area (Å²) in [5, 5.41) is 0. The van der Waals surface area contributed by atoms with Crippen LogP contribution >= 0.6 is 0 Å². The lowest BCUT2D eigenvalue weighted by atomic mass is 10.0. The average molecular weight is 392 g/mol. The number of nitrogens with one attached hydrogen (secondary N) is 1. The van der Waals surface area contributed by atoms with Gasteiger partial charge in [0, 0.05) is 24.3 Å². The van der Waals surface area contributed by atoms with Gasteiger partial charge in [0.25, 0.3) is 10.0 Å². The van der Waals surface area contributed by atoms with Gasteiger partial charge in [-0.15, -0.1) is 0 Å². The van der Waals surface area contributed by atoms with E-state index in [0.717, 1.165) is 30.2 Å². The Morgan fingerprint density at radius 2 is 2.04 bits per heavy atom. The van der Waals surface area contributed by atoms with Gasteiger partial charge < -0.3 is 9.64 Å². The molecule has 0 saturated carbocycles. The molecule has 0 atom stereocenters. The van der Waals surface area contributed by atoms with Crippen LogP contribution in [0.4, 0.5) is 15.8 Å². The van der Waals surface area contributed by atoms with E-state index in [1.807, 2.05) is 6.92 Å². The van der Waals surface area contributed by atoms with Crippen molar-refractivity contribution >= 4 is 27.3 Å². The number of sulfonamides is 1. The summed E-state index contributed by atoms with van der Waals surface area (Å²) in [4.78, 5) is 13.6. The zero-order chi connectivity index (χ0) is 19.6. The van der Waals surface area contributed by atoms with E-state index in [9.17, 15) is 17.6 Å². The first-order valence-corrected chi connectivity index (χ1v) is 10.1. The summed E-state index contributed by atoms with van der Waals surface area (Å²) >= 11 is 0.